The van der Waals surface area contributed by atoms with Gasteiger partial charge in [-0.15, -0.1) is 0 Å². The number of anilines is 2. The third kappa shape index (κ3) is 5.75. The standard InChI is InChI=1S/C19H30N2O5S/c1-4-21(15-7-8-27-19(23,24)11-15)17-6-5-13(9-16(17)20)14(12-25-2)10-18(22)26-3/h5-6,9,14-15,23-24H,4,7-8,10-12,20H2,1-3H3. The second kappa shape index (κ2) is 9.64. The molecule has 27 heavy (non-hydrogen) atoms. The summed E-state index contributed by atoms with van der Waals surface area (Å²) in [4.78, 5) is 13.8. The van der Waals surface area contributed by atoms with Crippen LogP contribution in [0.25, 0.3) is 0 Å². The van der Waals surface area contributed by atoms with Gasteiger partial charge in [-0.2, -0.15) is 0 Å². The number of rotatable bonds is 8. The van der Waals surface area contributed by atoms with Crippen LogP contribution in [0.15, 0.2) is 18.2 Å². The maximum Gasteiger partial charge on any atom is 0.306 e. The van der Waals surface area contributed by atoms with E-state index in [4.69, 9.17) is 15.2 Å². The number of nitrogen functional groups attached to an aromatic ring is 1. The Balaban J connectivity index is 2.24. The largest absolute Gasteiger partial charge is 0.469 e. The molecule has 0 amide bonds. The first kappa shape index (κ1) is 21.8. The molecule has 0 aromatic heterocycles. The fourth-order valence-electron chi connectivity index (χ4n) is 3.56. The lowest BCUT2D eigenvalue weighted by molar-refractivity contribution is -0.141. The van der Waals surface area contributed by atoms with Crippen molar-refractivity contribution in [1.29, 1.82) is 0 Å². The molecule has 0 radical (unpaired) electrons. The van der Waals surface area contributed by atoms with E-state index in [1.54, 1.807) is 7.11 Å². The molecule has 0 saturated carbocycles. The topological polar surface area (TPSA) is 105 Å². The highest BCUT2D eigenvalue weighted by Crippen LogP contribution is 2.38. The highest BCUT2D eigenvalue weighted by atomic mass is 32.2. The van der Waals surface area contributed by atoms with E-state index < -0.39 is 5.12 Å². The third-order valence-electron chi connectivity index (χ3n) is 4.91. The van der Waals surface area contributed by atoms with Crippen LogP contribution in [0.4, 0.5) is 11.4 Å². The van der Waals surface area contributed by atoms with Crippen LogP contribution in [0.2, 0.25) is 0 Å². The van der Waals surface area contributed by atoms with Crippen molar-refractivity contribution < 1.29 is 24.5 Å². The molecule has 2 unspecified atom stereocenters. The normalized spacial score (nSPS) is 20.1. The molecule has 0 spiro atoms. The Kier molecular flexibility index (Phi) is 7.79. The van der Waals surface area contributed by atoms with E-state index in [9.17, 15) is 15.0 Å². The van der Waals surface area contributed by atoms with E-state index in [0.29, 0.717) is 24.6 Å². The molecule has 1 aliphatic heterocycles. The molecule has 1 saturated heterocycles. The molecule has 1 fully saturated rings. The zero-order valence-electron chi connectivity index (χ0n) is 16.2. The predicted molar refractivity (Wildman–Crippen MR) is 108 cm³/mol. The Morgan fingerprint density at radius 3 is 2.74 bits per heavy atom. The first-order chi connectivity index (χ1) is 12.8. The van der Waals surface area contributed by atoms with Gasteiger partial charge in [-0.1, -0.05) is 17.8 Å². The predicted octanol–water partition coefficient (Wildman–Crippen LogP) is 1.92. The number of nitrogens with two attached hydrogens (primary N) is 1. The Labute approximate surface area is 164 Å². The van der Waals surface area contributed by atoms with Crippen LogP contribution in [-0.4, -0.2) is 60.5 Å². The number of methoxy groups -OCH3 is 2. The smallest absolute Gasteiger partial charge is 0.306 e. The van der Waals surface area contributed by atoms with Gasteiger partial charge >= 0.3 is 5.97 Å². The SMILES string of the molecule is CCN(c1ccc(C(COC)CC(=O)OC)cc1N)C1CCSC(O)(O)C1. The molecule has 1 heterocycles. The molecule has 1 aliphatic rings. The van der Waals surface area contributed by atoms with E-state index >= 15 is 0 Å². The lowest BCUT2D eigenvalue weighted by Crippen LogP contribution is -2.45. The summed E-state index contributed by atoms with van der Waals surface area (Å²) in [6.07, 6.45) is 1.34. The molecule has 2 atom stereocenters. The molecule has 7 nitrogen and oxygen atoms in total. The van der Waals surface area contributed by atoms with E-state index in [-0.39, 0.29) is 30.8 Å². The van der Waals surface area contributed by atoms with Crippen LogP contribution in [0, 0.1) is 0 Å². The number of aliphatic hydroxyl groups is 2. The number of benzene rings is 1. The Morgan fingerprint density at radius 2 is 2.19 bits per heavy atom. The van der Waals surface area contributed by atoms with Crippen molar-refractivity contribution in [3.8, 4) is 0 Å². The van der Waals surface area contributed by atoms with Crippen molar-refractivity contribution >= 4 is 29.1 Å². The van der Waals surface area contributed by atoms with Crippen LogP contribution in [0.1, 0.15) is 37.7 Å². The van der Waals surface area contributed by atoms with Crippen molar-refractivity contribution in [3.05, 3.63) is 23.8 Å². The van der Waals surface area contributed by atoms with Gasteiger partial charge in [0.1, 0.15) is 0 Å². The second-order valence-corrected chi connectivity index (χ2v) is 8.13. The molecule has 1 aromatic carbocycles. The van der Waals surface area contributed by atoms with Gasteiger partial charge in [-0.3, -0.25) is 4.79 Å². The average molecular weight is 399 g/mol. The van der Waals surface area contributed by atoms with Crippen molar-refractivity contribution in [3.63, 3.8) is 0 Å². The van der Waals surface area contributed by atoms with E-state index in [1.165, 1.54) is 18.9 Å². The monoisotopic (exact) mass is 398 g/mol. The van der Waals surface area contributed by atoms with E-state index in [0.717, 1.165) is 17.7 Å². The summed E-state index contributed by atoms with van der Waals surface area (Å²) < 4.78 is 10.0. The minimum atomic E-state index is -1.70. The number of carbonyl (C=O) groups is 1. The number of hydrogen-bond donors (Lipinski definition) is 3. The van der Waals surface area contributed by atoms with Crippen LogP contribution >= 0.6 is 11.8 Å². The van der Waals surface area contributed by atoms with Gasteiger partial charge in [0, 0.05) is 37.8 Å². The Hall–Kier alpha value is -1.48. The molecule has 2 rings (SSSR count). The molecule has 1 aromatic rings. The van der Waals surface area contributed by atoms with Gasteiger partial charge in [0.25, 0.3) is 0 Å². The van der Waals surface area contributed by atoms with Gasteiger partial charge in [0.15, 0.2) is 0 Å². The van der Waals surface area contributed by atoms with Crippen molar-refractivity contribution in [2.24, 2.45) is 0 Å². The fraction of sp³-hybridized carbons (Fsp3) is 0.632. The van der Waals surface area contributed by atoms with Gasteiger partial charge in [0.2, 0.25) is 5.12 Å². The lowest BCUT2D eigenvalue weighted by Gasteiger charge is -2.40. The summed E-state index contributed by atoms with van der Waals surface area (Å²) in [6.45, 7) is 3.12. The van der Waals surface area contributed by atoms with Crippen LogP contribution < -0.4 is 10.6 Å². The quantitative estimate of drug-likeness (QED) is 0.347. The highest BCUT2D eigenvalue weighted by molar-refractivity contribution is 8.00. The van der Waals surface area contributed by atoms with Gasteiger partial charge in [0.05, 0.1) is 31.5 Å². The first-order valence-electron chi connectivity index (χ1n) is 9.11. The summed E-state index contributed by atoms with van der Waals surface area (Å²) in [5.41, 5.74) is 8.72. The maximum absolute atomic E-state index is 11.7. The minimum Gasteiger partial charge on any atom is -0.469 e. The Bertz CT molecular complexity index is 641. The summed E-state index contributed by atoms with van der Waals surface area (Å²) in [5.74, 6) is 0.251. The zero-order valence-corrected chi connectivity index (χ0v) is 17.0. The van der Waals surface area contributed by atoms with Crippen molar-refractivity contribution in [2.45, 2.75) is 43.3 Å². The van der Waals surface area contributed by atoms with Crippen LogP contribution in [-0.2, 0) is 14.3 Å². The summed E-state index contributed by atoms with van der Waals surface area (Å²) in [5, 5.41) is 18.3. The summed E-state index contributed by atoms with van der Waals surface area (Å²) >= 11 is 1.17. The second-order valence-electron chi connectivity index (χ2n) is 6.78. The van der Waals surface area contributed by atoms with Crippen molar-refractivity contribution in [2.75, 3.05) is 43.8 Å². The maximum atomic E-state index is 11.7. The summed E-state index contributed by atoms with van der Waals surface area (Å²) in [6, 6.07) is 5.76. The average Bonchev–Trinajstić information content (AvgIpc) is 2.62. The van der Waals surface area contributed by atoms with Gasteiger partial charge in [-0.05, 0) is 31.0 Å². The molecule has 152 valence electrons. The molecule has 4 N–H and O–H groups in total. The minimum absolute atomic E-state index is 0.00393. The van der Waals surface area contributed by atoms with E-state index in [2.05, 4.69) is 4.90 Å². The molecular formula is C19H30N2O5S. The third-order valence-corrected chi connectivity index (χ3v) is 5.98. The summed E-state index contributed by atoms with van der Waals surface area (Å²) in [7, 11) is 2.96. The fourth-order valence-corrected chi connectivity index (χ4v) is 4.59. The first-order valence-corrected chi connectivity index (χ1v) is 10.1. The van der Waals surface area contributed by atoms with Gasteiger partial charge in [-0.25, -0.2) is 0 Å². The number of carbonyl (C=O) groups excluding carboxylic acids is 1. The van der Waals surface area contributed by atoms with Crippen LogP contribution in [0.3, 0.4) is 0 Å². The molecular weight excluding hydrogens is 368 g/mol. The molecule has 0 aliphatic carbocycles. The van der Waals surface area contributed by atoms with Gasteiger partial charge < -0.3 is 30.3 Å². The number of nitrogens with zero attached hydrogens (tertiary/aromatic N) is 1. The lowest BCUT2D eigenvalue weighted by atomic mass is 9.95. The van der Waals surface area contributed by atoms with E-state index in [1.807, 2.05) is 25.1 Å². The number of ether oxygens (including phenoxy) is 2. The molecule has 8 heteroatoms. The molecule has 0 bridgehead atoms. The number of hydrogen-bond acceptors (Lipinski definition) is 8. The zero-order chi connectivity index (χ0) is 20.0. The number of esters is 1. The highest BCUT2D eigenvalue weighted by Gasteiger charge is 2.36. The van der Waals surface area contributed by atoms with Crippen LogP contribution in [0.5, 0.6) is 0 Å². The number of thioether (sulfide) groups is 1. The van der Waals surface area contributed by atoms with Crippen molar-refractivity contribution in [1.82, 2.24) is 0 Å². The Morgan fingerprint density at radius 1 is 1.44 bits per heavy atom.